The minimum atomic E-state index is -0.0617. The van der Waals surface area contributed by atoms with Crippen molar-refractivity contribution in [3.63, 3.8) is 0 Å². The molecule has 1 aliphatic carbocycles. The molecule has 1 spiro atoms. The summed E-state index contributed by atoms with van der Waals surface area (Å²) in [6.45, 7) is 4.90. The van der Waals surface area contributed by atoms with Gasteiger partial charge < -0.3 is 24.6 Å². The molecular weight excluding hydrogens is 416 g/mol. The van der Waals surface area contributed by atoms with Gasteiger partial charge in [-0.3, -0.25) is 4.79 Å². The number of piperazine rings is 1. The summed E-state index contributed by atoms with van der Waals surface area (Å²) in [6.07, 6.45) is 8.23. The Bertz CT molecular complexity index is 1190. The van der Waals surface area contributed by atoms with Crippen molar-refractivity contribution in [3.8, 4) is 0 Å². The van der Waals surface area contributed by atoms with Gasteiger partial charge in [-0.15, -0.1) is 0 Å². The molecule has 0 unspecified atom stereocenters. The SMILES string of the molecule is CN1CCN(c2ccc(Nc3ncc4cc5n(c4n3)C3(CCCC3)CN(C)C5=O)nc2)CC1. The fourth-order valence-corrected chi connectivity index (χ4v) is 5.71. The van der Waals surface area contributed by atoms with Crippen LogP contribution in [-0.2, 0) is 5.54 Å². The Morgan fingerprint density at radius 2 is 1.79 bits per heavy atom. The maximum Gasteiger partial charge on any atom is 0.270 e. The summed E-state index contributed by atoms with van der Waals surface area (Å²) < 4.78 is 2.20. The van der Waals surface area contributed by atoms with Crippen molar-refractivity contribution in [2.75, 3.05) is 57.0 Å². The van der Waals surface area contributed by atoms with Gasteiger partial charge in [0.25, 0.3) is 5.91 Å². The van der Waals surface area contributed by atoms with Crippen LogP contribution < -0.4 is 10.2 Å². The number of hydrogen-bond donors (Lipinski definition) is 1. The maximum atomic E-state index is 12.9. The van der Waals surface area contributed by atoms with E-state index in [2.05, 4.69) is 42.8 Å². The summed E-state index contributed by atoms with van der Waals surface area (Å²) >= 11 is 0. The summed E-state index contributed by atoms with van der Waals surface area (Å²) in [4.78, 5) is 33.4. The summed E-state index contributed by atoms with van der Waals surface area (Å²) in [7, 11) is 4.06. The summed E-state index contributed by atoms with van der Waals surface area (Å²) in [5.74, 6) is 1.27. The highest BCUT2D eigenvalue weighted by Crippen LogP contribution is 2.43. The van der Waals surface area contributed by atoms with Crippen LogP contribution in [0.25, 0.3) is 11.0 Å². The Kier molecular flexibility index (Phi) is 4.76. The smallest absolute Gasteiger partial charge is 0.270 e. The lowest BCUT2D eigenvalue weighted by Gasteiger charge is -2.41. The van der Waals surface area contributed by atoms with Crippen molar-refractivity contribution in [1.82, 2.24) is 29.3 Å². The molecule has 6 rings (SSSR count). The molecule has 3 aromatic rings. The van der Waals surface area contributed by atoms with E-state index in [0.29, 0.717) is 11.8 Å². The number of rotatable bonds is 3. The molecule has 1 N–H and O–H groups in total. The third-order valence-corrected chi connectivity index (χ3v) is 7.50. The van der Waals surface area contributed by atoms with Gasteiger partial charge in [-0.25, -0.2) is 9.97 Å². The predicted molar refractivity (Wildman–Crippen MR) is 128 cm³/mol. The first kappa shape index (κ1) is 20.4. The Morgan fingerprint density at radius 3 is 2.52 bits per heavy atom. The van der Waals surface area contributed by atoms with Gasteiger partial charge in [0.2, 0.25) is 5.95 Å². The molecule has 2 aliphatic heterocycles. The van der Waals surface area contributed by atoms with Crippen LogP contribution >= 0.6 is 0 Å². The molecule has 1 saturated carbocycles. The largest absolute Gasteiger partial charge is 0.368 e. The topological polar surface area (TPSA) is 82.4 Å². The van der Waals surface area contributed by atoms with E-state index in [1.807, 2.05) is 36.5 Å². The van der Waals surface area contributed by atoms with Crippen molar-refractivity contribution in [2.45, 2.75) is 31.2 Å². The molecule has 172 valence electrons. The number of nitrogens with zero attached hydrogens (tertiary/aromatic N) is 7. The van der Waals surface area contributed by atoms with Gasteiger partial charge in [0.15, 0.2) is 0 Å². The minimum absolute atomic E-state index is 0.0567. The van der Waals surface area contributed by atoms with Crippen LogP contribution in [0.1, 0.15) is 36.2 Å². The van der Waals surface area contributed by atoms with Crippen molar-refractivity contribution >= 4 is 34.4 Å². The maximum absolute atomic E-state index is 12.9. The van der Waals surface area contributed by atoms with Crippen LogP contribution in [-0.4, -0.2) is 82.0 Å². The standard InChI is InChI=1S/C24H30N8O/c1-29-9-11-31(12-10-29)18-5-6-20(25-15-18)27-23-26-14-17-13-19-22(33)30(2)16-24(7-3-4-8-24)32(19)21(17)28-23/h5-6,13-15H,3-4,7-12,16H2,1-2H3,(H,25,26,27,28). The van der Waals surface area contributed by atoms with Crippen molar-refractivity contribution in [2.24, 2.45) is 0 Å². The van der Waals surface area contributed by atoms with E-state index in [1.165, 1.54) is 12.8 Å². The van der Waals surface area contributed by atoms with Crippen LogP contribution in [0.15, 0.2) is 30.6 Å². The molecule has 2 fully saturated rings. The second-order valence-electron chi connectivity index (χ2n) is 9.75. The van der Waals surface area contributed by atoms with Gasteiger partial charge in [0.05, 0.1) is 17.4 Å². The Morgan fingerprint density at radius 1 is 1.00 bits per heavy atom. The zero-order valence-corrected chi connectivity index (χ0v) is 19.3. The highest BCUT2D eigenvalue weighted by Gasteiger charge is 2.45. The second-order valence-corrected chi connectivity index (χ2v) is 9.75. The summed E-state index contributed by atoms with van der Waals surface area (Å²) in [5.41, 5.74) is 2.63. The van der Waals surface area contributed by atoms with Gasteiger partial charge in [0, 0.05) is 51.4 Å². The van der Waals surface area contributed by atoms with E-state index < -0.39 is 0 Å². The molecular formula is C24H30N8O. The molecule has 0 bridgehead atoms. The lowest BCUT2D eigenvalue weighted by atomic mass is 9.93. The molecule has 0 aromatic carbocycles. The van der Waals surface area contributed by atoms with E-state index in [-0.39, 0.29) is 11.4 Å². The lowest BCUT2D eigenvalue weighted by molar-refractivity contribution is 0.0626. The van der Waals surface area contributed by atoms with Gasteiger partial charge in [-0.2, -0.15) is 4.98 Å². The molecule has 3 aromatic heterocycles. The summed E-state index contributed by atoms with van der Waals surface area (Å²) in [5, 5.41) is 4.17. The van der Waals surface area contributed by atoms with Crippen LogP contribution in [0.4, 0.5) is 17.5 Å². The molecule has 0 atom stereocenters. The average molecular weight is 447 g/mol. The number of aromatic nitrogens is 4. The normalized spacial score (nSPS) is 20.6. The molecule has 9 nitrogen and oxygen atoms in total. The van der Waals surface area contributed by atoms with Crippen molar-refractivity contribution in [3.05, 3.63) is 36.3 Å². The van der Waals surface area contributed by atoms with Gasteiger partial charge in [0.1, 0.15) is 17.2 Å². The molecule has 33 heavy (non-hydrogen) atoms. The first-order chi connectivity index (χ1) is 16.0. The quantitative estimate of drug-likeness (QED) is 0.662. The predicted octanol–water partition coefficient (Wildman–Crippen LogP) is 2.68. The fraction of sp³-hybridized carbons (Fsp3) is 0.500. The Balaban J connectivity index is 1.29. The second kappa shape index (κ2) is 7.69. The minimum Gasteiger partial charge on any atom is -0.368 e. The van der Waals surface area contributed by atoms with Gasteiger partial charge in [-0.05, 0) is 38.1 Å². The zero-order valence-electron chi connectivity index (χ0n) is 19.3. The van der Waals surface area contributed by atoms with E-state index in [9.17, 15) is 4.79 Å². The van der Waals surface area contributed by atoms with Crippen LogP contribution in [0.5, 0.6) is 0 Å². The van der Waals surface area contributed by atoms with Crippen molar-refractivity contribution in [1.29, 1.82) is 0 Å². The number of amides is 1. The number of hydrogen-bond acceptors (Lipinski definition) is 7. The van der Waals surface area contributed by atoms with E-state index in [0.717, 1.165) is 68.0 Å². The average Bonchev–Trinajstić information content (AvgIpc) is 3.44. The molecule has 1 amide bonds. The zero-order chi connectivity index (χ0) is 22.6. The number of fused-ring (bicyclic) bond motifs is 4. The van der Waals surface area contributed by atoms with E-state index in [4.69, 9.17) is 4.98 Å². The van der Waals surface area contributed by atoms with Gasteiger partial charge in [-0.1, -0.05) is 12.8 Å². The molecule has 0 radical (unpaired) electrons. The Hall–Kier alpha value is -3.20. The molecule has 5 heterocycles. The first-order valence-corrected chi connectivity index (χ1v) is 11.8. The third kappa shape index (κ3) is 3.42. The van der Waals surface area contributed by atoms with Crippen LogP contribution in [0.2, 0.25) is 0 Å². The highest BCUT2D eigenvalue weighted by atomic mass is 16.2. The number of anilines is 3. The number of pyridine rings is 1. The number of likely N-dealkylation sites (N-methyl/N-ethyl adjacent to an activating group) is 2. The van der Waals surface area contributed by atoms with E-state index >= 15 is 0 Å². The van der Waals surface area contributed by atoms with Crippen LogP contribution in [0, 0.1) is 0 Å². The number of nitrogens with one attached hydrogen (secondary N) is 1. The van der Waals surface area contributed by atoms with Crippen molar-refractivity contribution < 1.29 is 4.79 Å². The monoisotopic (exact) mass is 446 g/mol. The molecule has 9 heteroatoms. The number of carbonyl (C=O) groups excluding carboxylic acids is 1. The van der Waals surface area contributed by atoms with Crippen LogP contribution in [0.3, 0.4) is 0 Å². The Labute approximate surface area is 193 Å². The molecule has 3 aliphatic rings. The van der Waals surface area contributed by atoms with E-state index in [1.54, 1.807) is 0 Å². The van der Waals surface area contributed by atoms with Gasteiger partial charge >= 0.3 is 0 Å². The molecule has 1 saturated heterocycles. The summed E-state index contributed by atoms with van der Waals surface area (Å²) in [6, 6.07) is 6.02. The number of carbonyl (C=O) groups is 1. The third-order valence-electron chi connectivity index (χ3n) is 7.50. The first-order valence-electron chi connectivity index (χ1n) is 11.8. The lowest BCUT2D eigenvalue weighted by Crippen LogP contribution is -2.50. The highest BCUT2D eigenvalue weighted by molar-refractivity contribution is 5.99. The fourth-order valence-electron chi connectivity index (χ4n) is 5.71.